The molecular weight excluding hydrogens is 652 g/mol. The summed E-state index contributed by atoms with van der Waals surface area (Å²) in [5.74, 6) is -1.54. The molecule has 0 spiro atoms. The van der Waals surface area contributed by atoms with Gasteiger partial charge in [0.1, 0.15) is 91.6 Å². The summed E-state index contributed by atoms with van der Waals surface area (Å²) in [6.45, 7) is -2.06. The van der Waals surface area contributed by atoms with Crippen LogP contribution >= 0.6 is 0 Å². The molecule has 4 aliphatic rings. The average Bonchev–Trinajstić information content (AvgIpc) is 3.04. The van der Waals surface area contributed by atoms with Gasteiger partial charge in [0, 0.05) is 7.11 Å². The van der Waals surface area contributed by atoms with Gasteiger partial charge in [-0.25, -0.2) is 4.79 Å². The third-order valence-corrected chi connectivity index (χ3v) is 8.36. The summed E-state index contributed by atoms with van der Waals surface area (Å²) in [5, 5.41) is 132. The highest BCUT2D eigenvalue weighted by Crippen LogP contribution is 2.29. The Balaban J connectivity index is 1.34. The zero-order valence-corrected chi connectivity index (χ0v) is 24.7. The van der Waals surface area contributed by atoms with Crippen LogP contribution in [-0.2, 0) is 42.7 Å². The van der Waals surface area contributed by atoms with Crippen LogP contribution in [0.1, 0.15) is 0 Å². The zero-order chi connectivity index (χ0) is 34.9. The molecule has 0 amide bonds. The Labute approximate surface area is 265 Å². The Kier molecular flexibility index (Phi) is 13.2. The minimum Gasteiger partial charge on any atom is -0.479 e. The van der Waals surface area contributed by atoms with Crippen molar-refractivity contribution in [2.24, 2.45) is 0 Å². The van der Waals surface area contributed by atoms with E-state index in [-0.39, 0.29) is 0 Å². The van der Waals surface area contributed by atoms with Crippen molar-refractivity contribution < 1.29 is 109 Å². The predicted molar refractivity (Wildman–Crippen MR) is 139 cm³/mol. The van der Waals surface area contributed by atoms with E-state index in [1.54, 1.807) is 0 Å². The summed E-state index contributed by atoms with van der Waals surface area (Å²) >= 11 is 0. The first-order valence-electron chi connectivity index (χ1n) is 14.5. The van der Waals surface area contributed by atoms with Crippen LogP contribution in [0.5, 0.6) is 0 Å². The largest absolute Gasteiger partial charge is 0.479 e. The second-order valence-corrected chi connectivity index (χ2v) is 11.5. The van der Waals surface area contributed by atoms with Gasteiger partial charge >= 0.3 is 5.97 Å². The zero-order valence-electron chi connectivity index (χ0n) is 24.7. The molecule has 22 nitrogen and oxygen atoms in total. The van der Waals surface area contributed by atoms with Gasteiger partial charge in [0.2, 0.25) is 0 Å². The maximum absolute atomic E-state index is 11.5. The maximum atomic E-state index is 11.5. The number of methoxy groups -OCH3 is 1. The Morgan fingerprint density at radius 3 is 1.26 bits per heavy atom. The van der Waals surface area contributed by atoms with Crippen molar-refractivity contribution in [1.82, 2.24) is 0 Å². The highest BCUT2D eigenvalue weighted by atomic mass is 16.8. The lowest BCUT2D eigenvalue weighted by Crippen LogP contribution is -2.63. The number of aliphatic carboxylic acids is 1. The monoisotopic (exact) mass is 694 g/mol. The number of carboxylic acids is 1. The number of hydrogen-bond donors (Lipinski definition) is 13. The third kappa shape index (κ3) is 8.19. The van der Waals surface area contributed by atoms with Crippen molar-refractivity contribution in [3.05, 3.63) is 0 Å². The van der Waals surface area contributed by atoms with Crippen LogP contribution in [0.25, 0.3) is 0 Å². The van der Waals surface area contributed by atoms with E-state index in [4.69, 9.17) is 37.9 Å². The normalized spacial score (nSPS) is 51.1. The van der Waals surface area contributed by atoms with Crippen LogP contribution in [0.3, 0.4) is 0 Å². The number of aliphatic hydroxyl groups is 12. The molecule has 274 valence electrons. The van der Waals surface area contributed by atoms with Crippen molar-refractivity contribution in [3.8, 4) is 0 Å². The maximum Gasteiger partial charge on any atom is 0.335 e. The summed E-state index contributed by atoms with van der Waals surface area (Å²) in [6.07, 6.45) is -34.9. The number of ether oxygens (including phenoxy) is 8. The van der Waals surface area contributed by atoms with Crippen LogP contribution < -0.4 is 0 Å². The molecule has 22 heteroatoms. The smallest absolute Gasteiger partial charge is 0.335 e. The second-order valence-electron chi connectivity index (χ2n) is 11.5. The van der Waals surface area contributed by atoms with E-state index in [1.807, 2.05) is 0 Å². The lowest BCUT2D eigenvalue weighted by Gasteiger charge is -2.44. The molecule has 4 saturated heterocycles. The van der Waals surface area contributed by atoms with Gasteiger partial charge in [-0.3, -0.25) is 0 Å². The molecule has 4 rings (SSSR count). The van der Waals surface area contributed by atoms with Crippen LogP contribution in [-0.4, -0.2) is 222 Å². The molecule has 0 radical (unpaired) electrons. The summed E-state index contributed by atoms with van der Waals surface area (Å²) < 4.78 is 42.1. The minimum atomic E-state index is -1.92. The van der Waals surface area contributed by atoms with Gasteiger partial charge in [0.25, 0.3) is 0 Å². The fourth-order valence-electron chi connectivity index (χ4n) is 5.46. The van der Waals surface area contributed by atoms with Gasteiger partial charge in [-0.15, -0.1) is 0 Å². The molecular formula is C25H42O22. The summed E-state index contributed by atoms with van der Waals surface area (Å²) in [5.41, 5.74) is 0. The standard InChI is InChI=1S/C25H42O22/c1-40-19-14(32)18(36)25(47-20(19)21(37)38)43-4-7-10(28)13(31)17(35)24(46-7)42-3-6-9(27)12(30)16(34)23(45-6)41-2-5-8(26)11(29)15(33)22(39)44-5/h5-20,22-36,39H,2-4H2,1H3,(H,37,38)/t5-,6-,7-,8+,9+,10+,11+,12+,13+,14-,15-,16-,17-,18-,19+,20+,22?,23-,24-,25-/m1/s1. The van der Waals surface area contributed by atoms with Crippen LogP contribution in [0.4, 0.5) is 0 Å². The van der Waals surface area contributed by atoms with Crippen molar-refractivity contribution in [2.45, 2.75) is 123 Å². The van der Waals surface area contributed by atoms with Gasteiger partial charge in [0.05, 0.1) is 19.8 Å². The first kappa shape index (κ1) is 38.5. The van der Waals surface area contributed by atoms with Crippen molar-refractivity contribution in [3.63, 3.8) is 0 Å². The number of carbonyl (C=O) groups is 1. The number of carboxylic acid groups (broad SMARTS) is 1. The van der Waals surface area contributed by atoms with E-state index in [9.17, 15) is 71.2 Å². The van der Waals surface area contributed by atoms with Crippen LogP contribution in [0.2, 0.25) is 0 Å². The predicted octanol–water partition coefficient (Wildman–Crippen LogP) is -9.00. The average molecular weight is 695 g/mol. The Morgan fingerprint density at radius 1 is 0.489 bits per heavy atom. The first-order valence-corrected chi connectivity index (χ1v) is 14.5. The molecule has 47 heavy (non-hydrogen) atoms. The molecule has 0 aliphatic carbocycles. The summed E-state index contributed by atoms with van der Waals surface area (Å²) in [7, 11) is 1.09. The minimum absolute atomic E-state index is 0.647. The van der Waals surface area contributed by atoms with E-state index < -0.39 is 149 Å². The summed E-state index contributed by atoms with van der Waals surface area (Å²) in [6, 6.07) is 0. The Hall–Kier alpha value is -1.33. The van der Waals surface area contributed by atoms with E-state index in [2.05, 4.69) is 0 Å². The highest BCUT2D eigenvalue weighted by molar-refractivity contribution is 5.73. The van der Waals surface area contributed by atoms with Crippen molar-refractivity contribution in [1.29, 1.82) is 0 Å². The molecule has 4 aliphatic heterocycles. The van der Waals surface area contributed by atoms with Gasteiger partial charge in [-0.2, -0.15) is 0 Å². The summed E-state index contributed by atoms with van der Waals surface area (Å²) in [4.78, 5) is 11.5. The number of hydrogen-bond acceptors (Lipinski definition) is 21. The van der Waals surface area contributed by atoms with E-state index >= 15 is 0 Å². The topological polar surface area (TPSA) is 354 Å². The van der Waals surface area contributed by atoms with E-state index in [1.165, 1.54) is 0 Å². The van der Waals surface area contributed by atoms with Crippen molar-refractivity contribution >= 4 is 5.97 Å². The van der Waals surface area contributed by atoms with Gasteiger partial charge in [-0.05, 0) is 0 Å². The molecule has 1 unspecified atom stereocenters. The molecule has 0 bridgehead atoms. The lowest BCUT2D eigenvalue weighted by atomic mass is 9.97. The third-order valence-electron chi connectivity index (χ3n) is 8.36. The fourth-order valence-corrected chi connectivity index (χ4v) is 5.46. The van der Waals surface area contributed by atoms with Gasteiger partial charge in [0.15, 0.2) is 31.3 Å². The molecule has 20 atom stereocenters. The first-order chi connectivity index (χ1) is 22.1. The quantitative estimate of drug-likeness (QED) is 0.0954. The molecule has 0 aromatic carbocycles. The second kappa shape index (κ2) is 16.1. The molecule has 0 aromatic heterocycles. The van der Waals surface area contributed by atoms with Gasteiger partial charge < -0.3 is 104 Å². The van der Waals surface area contributed by atoms with E-state index in [0.717, 1.165) is 7.11 Å². The molecule has 13 N–H and O–H groups in total. The van der Waals surface area contributed by atoms with Crippen molar-refractivity contribution in [2.75, 3.05) is 26.9 Å². The Morgan fingerprint density at radius 2 is 0.851 bits per heavy atom. The molecule has 4 heterocycles. The SMILES string of the molecule is CO[C@H]1[C@H](O)[C@@H](O)[C@H](OC[C@H]2O[C@@H](OC[C@H]3O[C@@H](OC[C@H]4OC(O)[C@H](O)[C@@H](O)[C@H]4O)[C@H](O)[C@@H](O)[C@H]3O)[C@H](O)[C@@H](O)[C@H]2O)O[C@@H]1C(=O)O. The fraction of sp³-hybridized carbons (Fsp3) is 0.960. The molecule has 4 fully saturated rings. The Bertz CT molecular complexity index is 1010. The van der Waals surface area contributed by atoms with Crippen LogP contribution in [0, 0.1) is 0 Å². The number of rotatable bonds is 11. The van der Waals surface area contributed by atoms with Crippen LogP contribution in [0.15, 0.2) is 0 Å². The van der Waals surface area contributed by atoms with Gasteiger partial charge in [-0.1, -0.05) is 0 Å². The molecule has 0 aromatic rings. The molecule has 0 saturated carbocycles. The number of aliphatic hydroxyl groups excluding tert-OH is 12. The van der Waals surface area contributed by atoms with E-state index in [0.29, 0.717) is 0 Å². The highest BCUT2D eigenvalue weighted by Gasteiger charge is 2.51. The lowest BCUT2D eigenvalue weighted by molar-refractivity contribution is -0.346.